The number of anilines is 1. The molecule has 1 aromatic heterocycles. The molecule has 0 unspecified atom stereocenters. The fraction of sp³-hybridized carbons (Fsp3) is 0. The van der Waals surface area contributed by atoms with Gasteiger partial charge in [-0.25, -0.2) is 4.98 Å². The van der Waals surface area contributed by atoms with Crippen LogP contribution in [0.25, 0.3) is 0 Å². The molecule has 2 N–H and O–H groups in total. The van der Waals surface area contributed by atoms with Gasteiger partial charge in [-0.1, -0.05) is 0 Å². The molecule has 0 fully saturated rings. The maximum Gasteiger partial charge on any atom is 0.221 e. The SMILES string of the molecule is Nc1ccnc(Oc2ccc(I)cc2)c1. The predicted octanol–water partition coefficient (Wildman–Crippen LogP) is 3.06. The molecule has 0 aliphatic carbocycles. The van der Waals surface area contributed by atoms with Crippen LogP contribution in [0.15, 0.2) is 42.6 Å². The second-order valence-corrected chi connectivity index (χ2v) is 4.23. The van der Waals surface area contributed by atoms with Gasteiger partial charge in [-0.3, -0.25) is 0 Å². The first-order chi connectivity index (χ1) is 7.24. The Morgan fingerprint density at radius 3 is 2.53 bits per heavy atom. The Labute approximate surface area is 101 Å². The van der Waals surface area contributed by atoms with Crippen molar-refractivity contribution >= 4 is 28.3 Å². The van der Waals surface area contributed by atoms with Gasteiger partial charge < -0.3 is 10.5 Å². The molecule has 1 aromatic carbocycles. The lowest BCUT2D eigenvalue weighted by Gasteiger charge is -2.04. The third kappa shape index (κ3) is 2.82. The normalized spacial score (nSPS) is 9.93. The fourth-order valence-electron chi connectivity index (χ4n) is 1.10. The van der Waals surface area contributed by atoms with Gasteiger partial charge in [-0.15, -0.1) is 0 Å². The van der Waals surface area contributed by atoms with Crippen LogP contribution in [0.2, 0.25) is 0 Å². The smallest absolute Gasteiger partial charge is 0.221 e. The second-order valence-electron chi connectivity index (χ2n) is 2.98. The Hall–Kier alpha value is -1.30. The minimum Gasteiger partial charge on any atom is -0.439 e. The van der Waals surface area contributed by atoms with Crippen LogP contribution in [0.1, 0.15) is 0 Å². The Morgan fingerprint density at radius 2 is 1.87 bits per heavy atom. The van der Waals surface area contributed by atoms with E-state index < -0.39 is 0 Å². The van der Waals surface area contributed by atoms with Crippen molar-refractivity contribution in [1.82, 2.24) is 4.98 Å². The highest BCUT2D eigenvalue weighted by Crippen LogP contribution is 2.21. The maximum absolute atomic E-state index is 5.62. The van der Waals surface area contributed by atoms with Crippen LogP contribution in [0.3, 0.4) is 0 Å². The summed E-state index contributed by atoms with van der Waals surface area (Å²) in [5.74, 6) is 1.27. The van der Waals surface area contributed by atoms with Crippen molar-refractivity contribution in [2.24, 2.45) is 0 Å². The van der Waals surface area contributed by atoms with Crippen molar-refractivity contribution in [1.29, 1.82) is 0 Å². The minimum absolute atomic E-state index is 0.510. The van der Waals surface area contributed by atoms with Crippen LogP contribution in [0, 0.1) is 3.57 Å². The minimum atomic E-state index is 0.510. The summed E-state index contributed by atoms with van der Waals surface area (Å²) in [6.45, 7) is 0. The van der Waals surface area contributed by atoms with E-state index >= 15 is 0 Å². The molecule has 1 heterocycles. The van der Waals surface area contributed by atoms with Crippen LogP contribution in [-0.4, -0.2) is 4.98 Å². The van der Waals surface area contributed by atoms with Gasteiger partial charge in [-0.2, -0.15) is 0 Å². The molecule has 0 saturated carbocycles. The first kappa shape index (κ1) is 10.2. The van der Waals surface area contributed by atoms with Gasteiger partial charge in [0.05, 0.1) is 0 Å². The molecule has 15 heavy (non-hydrogen) atoms. The Balaban J connectivity index is 2.18. The van der Waals surface area contributed by atoms with Crippen molar-refractivity contribution in [3.63, 3.8) is 0 Å². The van der Waals surface area contributed by atoms with E-state index in [9.17, 15) is 0 Å². The summed E-state index contributed by atoms with van der Waals surface area (Å²) in [6.07, 6.45) is 1.62. The predicted molar refractivity (Wildman–Crippen MR) is 67.9 cm³/mol. The Kier molecular flexibility index (Phi) is 3.05. The standard InChI is InChI=1S/C11H9IN2O/c12-8-1-3-10(4-2-8)15-11-7-9(13)5-6-14-11/h1-7H,(H2,13,14). The largest absolute Gasteiger partial charge is 0.439 e. The summed E-state index contributed by atoms with van der Waals surface area (Å²) in [4.78, 5) is 4.05. The molecule has 0 spiro atoms. The number of nitrogens with two attached hydrogens (primary N) is 1. The zero-order chi connectivity index (χ0) is 10.7. The molecular weight excluding hydrogens is 303 g/mol. The van der Waals surface area contributed by atoms with E-state index in [1.807, 2.05) is 24.3 Å². The van der Waals surface area contributed by atoms with Crippen molar-refractivity contribution < 1.29 is 4.74 Å². The summed E-state index contributed by atoms with van der Waals surface area (Å²) in [5, 5.41) is 0. The molecule has 3 nitrogen and oxygen atoms in total. The number of pyridine rings is 1. The lowest BCUT2D eigenvalue weighted by Crippen LogP contribution is -1.90. The van der Waals surface area contributed by atoms with Crippen LogP contribution in [-0.2, 0) is 0 Å². The summed E-state index contributed by atoms with van der Waals surface area (Å²) in [7, 11) is 0. The van der Waals surface area contributed by atoms with Gasteiger partial charge in [0.15, 0.2) is 0 Å². The lowest BCUT2D eigenvalue weighted by atomic mass is 10.3. The fourth-order valence-corrected chi connectivity index (χ4v) is 1.46. The molecule has 0 bridgehead atoms. The number of nitrogens with zero attached hydrogens (tertiary/aromatic N) is 1. The van der Waals surface area contributed by atoms with E-state index in [4.69, 9.17) is 10.5 Å². The molecule has 4 heteroatoms. The molecule has 2 aromatic rings. The number of rotatable bonds is 2. The van der Waals surface area contributed by atoms with Gasteiger partial charge >= 0.3 is 0 Å². The Bertz CT molecular complexity index is 456. The lowest BCUT2D eigenvalue weighted by molar-refractivity contribution is 0.463. The van der Waals surface area contributed by atoms with E-state index in [1.165, 1.54) is 3.57 Å². The highest BCUT2D eigenvalue weighted by molar-refractivity contribution is 14.1. The molecular formula is C11H9IN2O. The summed E-state index contributed by atoms with van der Waals surface area (Å²) < 4.78 is 6.69. The van der Waals surface area contributed by atoms with E-state index in [0.717, 1.165) is 5.75 Å². The van der Waals surface area contributed by atoms with Crippen LogP contribution >= 0.6 is 22.6 Å². The van der Waals surface area contributed by atoms with E-state index in [1.54, 1.807) is 18.3 Å². The highest BCUT2D eigenvalue weighted by atomic mass is 127. The molecule has 0 amide bonds. The summed E-state index contributed by atoms with van der Waals surface area (Å²) in [6, 6.07) is 11.2. The van der Waals surface area contributed by atoms with Crippen molar-refractivity contribution in [3.05, 3.63) is 46.2 Å². The van der Waals surface area contributed by atoms with Crippen molar-refractivity contribution in [2.45, 2.75) is 0 Å². The van der Waals surface area contributed by atoms with Gasteiger partial charge in [0.2, 0.25) is 5.88 Å². The maximum atomic E-state index is 5.62. The number of halogens is 1. The first-order valence-corrected chi connectivity index (χ1v) is 5.47. The van der Waals surface area contributed by atoms with Crippen molar-refractivity contribution in [2.75, 3.05) is 5.73 Å². The number of hydrogen-bond donors (Lipinski definition) is 1. The average Bonchev–Trinajstić information content (AvgIpc) is 2.22. The zero-order valence-electron chi connectivity index (χ0n) is 7.85. The molecule has 76 valence electrons. The molecule has 0 atom stereocenters. The number of ether oxygens (including phenoxy) is 1. The van der Waals surface area contributed by atoms with Gasteiger partial charge in [0, 0.05) is 21.5 Å². The second kappa shape index (κ2) is 4.48. The highest BCUT2D eigenvalue weighted by Gasteiger charge is 1.98. The number of benzene rings is 1. The summed E-state index contributed by atoms with van der Waals surface area (Å²) >= 11 is 2.24. The molecule has 0 aliphatic heterocycles. The first-order valence-electron chi connectivity index (χ1n) is 4.39. The summed E-state index contributed by atoms with van der Waals surface area (Å²) in [5.41, 5.74) is 6.26. The van der Waals surface area contributed by atoms with Crippen LogP contribution in [0.4, 0.5) is 5.69 Å². The monoisotopic (exact) mass is 312 g/mol. The van der Waals surface area contributed by atoms with Gasteiger partial charge in [0.1, 0.15) is 5.75 Å². The topological polar surface area (TPSA) is 48.1 Å². The molecule has 2 rings (SSSR count). The quantitative estimate of drug-likeness (QED) is 0.867. The third-order valence-corrected chi connectivity index (χ3v) is 2.51. The third-order valence-electron chi connectivity index (χ3n) is 1.79. The number of nitrogen functional groups attached to an aromatic ring is 1. The molecule has 0 saturated heterocycles. The van der Waals surface area contributed by atoms with E-state index in [2.05, 4.69) is 27.6 Å². The van der Waals surface area contributed by atoms with E-state index in [-0.39, 0.29) is 0 Å². The van der Waals surface area contributed by atoms with Crippen LogP contribution < -0.4 is 10.5 Å². The zero-order valence-corrected chi connectivity index (χ0v) is 10.0. The van der Waals surface area contributed by atoms with Gasteiger partial charge in [-0.05, 0) is 52.9 Å². The van der Waals surface area contributed by atoms with Crippen molar-refractivity contribution in [3.8, 4) is 11.6 Å². The number of hydrogen-bond acceptors (Lipinski definition) is 3. The number of aromatic nitrogens is 1. The molecule has 0 aliphatic rings. The average molecular weight is 312 g/mol. The molecule has 0 radical (unpaired) electrons. The van der Waals surface area contributed by atoms with E-state index in [0.29, 0.717) is 11.6 Å². The Morgan fingerprint density at radius 1 is 1.13 bits per heavy atom. The van der Waals surface area contributed by atoms with Gasteiger partial charge in [0.25, 0.3) is 0 Å². The van der Waals surface area contributed by atoms with Crippen LogP contribution in [0.5, 0.6) is 11.6 Å².